The number of aromatic hydroxyl groups is 1. The van der Waals surface area contributed by atoms with Crippen LogP contribution in [0.2, 0.25) is 0 Å². The highest BCUT2D eigenvalue weighted by Gasteiger charge is 2.19. The second kappa shape index (κ2) is 9.62. The molecule has 0 saturated carbocycles. The SMILES string of the molecule is CC(C)c1cc(C(=O)Nc2cccc(CSc3ncnc4[nH]ncc34)c2)c(O)c(C(C)C)c1. The van der Waals surface area contributed by atoms with E-state index in [0.717, 1.165) is 27.1 Å². The third kappa shape index (κ3) is 5.01. The van der Waals surface area contributed by atoms with Crippen molar-refractivity contribution in [3.8, 4) is 5.75 Å². The smallest absolute Gasteiger partial charge is 0.259 e. The highest BCUT2D eigenvalue weighted by Crippen LogP contribution is 2.34. The fourth-order valence-electron chi connectivity index (χ4n) is 3.57. The van der Waals surface area contributed by atoms with E-state index in [4.69, 9.17) is 0 Å². The fourth-order valence-corrected chi connectivity index (χ4v) is 4.48. The van der Waals surface area contributed by atoms with Crippen LogP contribution < -0.4 is 5.32 Å². The van der Waals surface area contributed by atoms with Gasteiger partial charge in [0.15, 0.2) is 5.65 Å². The second-order valence-electron chi connectivity index (χ2n) is 8.57. The predicted molar refractivity (Wildman–Crippen MR) is 132 cm³/mol. The standard InChI is InChI=1S/C25H27N5O2S/c1-14(2)17-9-19(15(3)4)22(31)20(10-17)24(32)29-18-7-5-6-16(8-18)12-33-25-21-11-28-30-23(21)26-13-27-25/h5-11,13-15,31H,12H2,1-4H3,(H,29,32)(H,26,27,28,30). The van der Waals surface area contributed by atoms with Crippen molar-refractivity contribution in [3.63, 3.8) is 0 Å². The van der Waals surface area contributed by atoms with Crippen molar-refractivity contribution in [3.05, 3.63) is 71.2 Å². The maximum Gasteiger partial charge on any atom is 0.259 e. The molecule has 0 unspecified atom stereocenters. The zero-order valence-electron chi connectivity index (χ0n) is 19.1. The normalized spacial score (nSPS) is 11.5. The summed E-state index contributed by atoms with van der Waals surface area (Å²) in [6.45, 7) is 8.18. The third-order valence-electron chi connectivity index (χ3n) is 5.47. The first-order valence-corrected chi connectivity index (χ1v) is 11.9. The summed E-state index contributed by atoms with van der Waals surface area (Å²) in [6, 6.07) is 11.5. The molecule has 2 aromatic carbocycles. The van der Waals surface area contributed by atoms with Gasteiger partial charge in [0.2, 0.25) is 0 Å². The molecule has 3 N–H and O–H groups in total. The number of hydrogen-bond donors (Lipinski definition) is 3. The molecule has 0 bridgehead atoms. The summed E-state index contributed by atoms with van der Waals surface area (Å²) < 4.78 is 0. The maximum absolute atomic E-state index is 13.1. The van der Waals surface area contributed by atoms with Crippen molar-refractivity contribution < 1.29 is 9.90 Å². The number of aromatic amines is 1. The van der Waals surface area contributed by atoms with E-state index in [-0.39, 0.29) is 23.5 Å². The minimum absolute atomic E-state index is 0.0477. The molecule has 0 atom stereocenters. The molecule has 0 radical (unpaired) electrons. The fraction of sp³-hybridized carbons (Fsp3) is 0.280. The Balaban J connectivity index is 1.53. The molecule has 7 nitrogen and oxygen atoms in total. The number of hydrogen-bond acceptors (Lipinski definition) is 6. The van der Waals surface area contributed by atoms with E-state index in [1.165, 1.54) is 6.33 Å². The van der Waals surface area contributed by atoms with Crippen LogP contribution in [0.3, 0.4) is 0 Å². The summed E-state index contributed by atoms with van der Waals surface area (Å²) in [5.41, 5.74) is 4.53. The first-order valence-electron chi connectivity index (χ1n) is 10.9. The second-order valence-corrected chi connectivity index (χ2v) is 9.53. The molecular formula is C25H27N5O2S. The van der Waals surface area contributed by atoms with E-state index < -0.39 is 0 Å². The summed E-state index contributed by atoms with van der Waals surface area (Å²) in [7, 11) is 0. The Hall–Kier alpha value is -3.39. The van der Waals surface area contributed by atoms with Gasteiger partial charge in [0, 0.05) is 11.4 Å². The molecular weight excluding hydrogens is 434 g/mol. The lowest BCUT2D eigenvalue weighted by Crippen LogP contribution is -2.14. The van der Waals surface area contributed by atoms with Crippen molar-refractivity contribution in [2.45, 2.75) is 50.3 Å². The number of thioether (sulfide) groups is 1. The molecule has 0 fully saturated rings. The average molecular weight is 462 g/mol. The monoisotopic (exact) mass is 461 g/mol. The number of fused-ring (bicyclic) bond motifs is 1. The Kier molecular flexibility index (Phi) is 6.65. The Labute approximate surface area is 197 Å². The lowest BCUT2D eigenvalue weighted by molar-refractivity contribution is 0.102. The van der Waals surface area contributed by atoms with E-state index in [1.54, 1.807) is 24.0 Å². The van der Waals surface area contributed by atoms with Gasteiger partial charge < -0.3 is 10.4 Å². The third-order valence-corrected chi connectivity index (χ3v) is 6.54. The van der Waals surface area contributed by atoms with Crippen LogP contribution in [0.4, 0.5) is 5.69 Å². The number of nitrogens with one attached hydrogen (secondary N) is 2. The van der Waals surface area contributed by atoms with Crippen LogP contribution in [0.15, 0.2) is 53.9 Å². The zero-order chi connectivity index (χ0) is 23.5. The Bertz CT molecular complexity index is 1300. The number of carbonyl (C=O) groups is 1. The van der Waals surface area contributed by atoms with Crippen LogP contribution >= 0.6 is 11.8 Å². The summed E-state index contributed by atoms with van der Waals surface area (Å²) in [6.07, 6.45) is 3.24. The minimum Gasteiger partial charge on any atom is -0.507 e. The van der Waals surface area contributed by atoms with Gasteiger partial charge in [-0.2, -0.15) is 5.10 Å². The van der Waals surface area contributed by atoms with Gasteiger partial charge in [-0.15, -0.1) is 11.8 Å². The number of amides is 1. The van der Waals surface area contributed by atoms with Gasteiger partial charge >= 0.3 is 0 Å². The van der Waals surface area contributed by atoms with Crippen LogP contribution in [0.5, 0.6) is 5.75 Å². The number of carbonyl (C=O) groups excluding carboxylic acids is 1. The highest BCUT2D eigenvalue weighted by molar-refractivity contribution is 7.98. The quantitative estimate of drug-likeness (QED) is 0.236. The van der Waals surface area contributed by atoms with Gasteiger partial charge in [0.25, 0.3) is 5.91 Å². The lowest BCUT2D eigenvalue weighted by Gasteiger charge is -2.17. The summed E-state index contributed by atoms with van der Waals surface area (Å²) >= 11 is 1.58. The number of H-pyrrole nitrogens is 1. The summed E-state index contributed by atoms with van der Waals surface area (Å²) in [4.78, 5) is 21.6. The van der Waals surface area contributed by atoms with Crippen LogP contribution in [0.1, 0.15) is 66.6 Å². The van der Waals surface area contributed by atoms with Crippen LogP contribution in [0, 0.1) is 0 Å². The Morgan fingerprint density at radius 1 is 1.12 bits per heavy atom. The average Bonchev–Trinajstić information content (AvgIpc) is 3.27. The van der Waals surface area contributed by atoms with Crippen molar-refractivity contribution in [2.75, 3.05) is 5.32 Å². The molecule has 0 aliphatic heterocycles. The molecule has 4 rings (SSSR count). The van der Waals surface area contributed by atoms with Crippen LogP contribution in [-0.2, 0) is 5.75 Å². The van der Waals surface area contributed by atoms with Crippen molar-refractivity contribution >= 4 is 34.4 Å². The molecule has 170 valence electrons. The van der Waals surface area contributed by atoms with Gasteiger partial charge in [0.1, 0.15) is 17.1 Å². The van der Waals surface area contributed by atoms with E-state index in [0.29, 0.717) is 22.7 Å². The van der Waals surface area contributed by atoms with Gasteiger partial charge in [-0.05, 0) is 46.7 Å². The molecule has 8 heteroatoms. The number of nitrogens with zero attached hydrogens (tertiary/aromatic N) is 3. The molecule has 0 aliphatic rings. The van der Waals surface area contributed by atoms with E-state index in [2.05, 4.69) is 39.3 Å². The van der Waals surface area contributed by atoms with Crippen molar-refractivity contribution in [1.82, 2.24) is 20.2 Å². The topological polar surface area (TPSA) is 104 Å². The molecule has 0 saturated heterocycles. The Morgan fingerprint density at radius 3 is 2.70 bits per heavy atom. The number of anilines is 1. The van der Waals surface area contributed by atoms with Crippen molar-refractivity contribution in [1.29, 1.82) is 0 Å². The number of rotatable bonds is 7. The molecule has 33 heavy (non-hydrogen) atoms. The molecule has 2 aromatic heterocycles. The van der Waals surface area contributed by atoms with Crippen LogP contribution in [-0.4, -0.2) is 31.2 Å². The first kappa shape index (κ1) is 22.8. The first-order chi connectivity index (χ1) is 15.8. The van der Waals surface area contributed by atoms with Gasteiger partial charge in [0.05, 0.1) is 17.1 Å². The molecule has 4 aromatic rings. The summed E-state index contributed by atoms with van der Waals surface area (Å²) in [5, 5.41) is 22.3. The molecule has 1 amide bonds. The van der Waals surface area contributed by atoms with Gasteiger partial charge in [-0.1, -0.05) is 45.9 Å². The van der Waals surface area contributed by atoms with Crippen molar-refractivity contribution in [2.24, 2.45) is 0 Å². The van der Waals surface area contributed by atoms with Gasteiger partial charge in [-0.25, -0.2) is 9.97 Å². The van der Waals surface area contributed by atoms with E-state index in [1.807, 2.05) is 44.2 Å². The van der Waals surface area contributed by atoms with Gasteiger partial charge in [-0.3, -0.25) is 9.89 Å². The number of phenolic OH excluding ortho intramolecular Hbond substituents is 1. The summed E-state index contributed by atoms with van der Waals surface area (Å²) in [5.74, 6) is 0.758. The lowest BCUT2D eigenvalue weighted by atomic mass is 9.91. The number of phenols is 1. The zero-order valence-corrected chi connectivity index (χ0v) is 19.9. The largest absolute Gasteiger partial charge is 0.507 e. The predicted octanol–water partition coefficient (Wildman–Crippen LogP) is 5.85. The van der Waals surface area contributed by atoms with E-state index in [9.17, 15) is 9.90 Å². The number of benzene rings is 2. The molecule has 0 spiro atoms. The highest BCUT2D eigenvalue weighted by atomic mass is 32.2. The maximum atomic E-state index is 13.1. The van der Waals surface area contributed by atoms with E-state index >= 15 is 0 Å². The Morgan fingerprint density at radius 2 is 1.94 bits per heavy atom. The molecule has 2 heterocycles. The van der Waals surface area contributed by atoms with Crippen LogP contribution in [0.25, 0.3) is 11.0 Å². The minimum atomic E-state index is -0.322. The number of aromatic nitrogens is 4. The molecule has 0 aliphatic carbocycles.